The molecule has 5 atom stereocenters. The predicted octanol–water partition coefficient (Wildman–Crippen LogP) is 1.15. The minimum atomic E-state index is 0.732. The van der Waals surface area contributed by atoms with Crippen LogP contribution in [0.4, 0.5) is 0 Å². The molecule has 2 N–H and O–H groups in total. The first-order valence-corrected chi connectivity index (χ1v) is 5.87. The second-order valence-electron chi connectivity index (χ2n) is 5.45. The summed E-state index contributed by atoms with van der Waals surface area (Å²) in [5.41, 5.74) is 1.25. The molecule has 1 saturated heterocycles. The van der Waals surface area contributed by atoms with Crippen LogP contribution in [0.1, 0.15) is 19.8 Å². The smallest absolute Gasteiger partial charge is 0.0255 e. The molecule has 3 rings (SSSR count). The van der Waals surface area contributed by atoms with Crippen LogP contribution < -0.4 is 10.6 Å². The zero-order valence-electron chi connectivity index (χ0n) is 8.92. The Bertz CT molecular complexity index is 259. The Morgan fingerprint density at radius 2 is 2.29 bits per heavy atom. The molecule has 5 unspecified atom stereocenters. The van der Waals surface area contributed by atoms with Crippen molar-refractivity contribution in [2.24, 2.45) is 17.8 Å². The molecule has 14 heavy (non-hydrogen) atoms. The van der Waals surface area contributed by atoms with Crippen molar-refractivity contribution in [1.82, 2.24) is 10.6 Å². The fourth-order valence-electron chi connectivity index (χ4n) is 3.88. The maximum atomic E-state index is 3.96. The van der Waals surface area contributed by atoms with Gasteiger partial charge in [0.25, 0.3) is 0 Å². The van der Waals surface area contributed by atoms with E-state index in [1.165, 1.54) is 25.0 Å². The van der Waals surface area contributed by atoms with Gasteiger partial charge in [-0.3, -0.25) is 0 Å². The molecular formula is C12H20N2. The van der Waals surface area contributed by atoms with Gasteiger partial charge in [0.1, 0.15) is 0 Å². The third kappa shape index (κ3) is 1.17. The highest BCUT2D eigenvalue weighted by molar-refractivity contribution is 5.13. The number of hydrogen-bond donors (Lipinski definition) is 2. The van der Waals surface area contributed by atoms with Crippen molar-refractivity contribution in [2.45, 2.75) is 31.8 Å². The molecule has 1 heterocycles. The van der Waals surface area contributed by atoms with Crippen LogP contribution in [0.5, 0.6) is 0 Å². The first-order chi connectivity index (χ1) is 6.75. The Morgan fingerprint density at radius 3 is 3.07 bits per heavy atom. The molecule has 2 nitrogen and oxygen atoms in total. The second-order valence-corrected chi connectivity index (χ2v) is 5.45. The van der Waals surface area contributed by atoms with E-state index in [2.05, 4.69) is 24.1 Å². The number of hydrogen-bond acceptors (Lipinski definition) is 2. The van der Waals surface area contributed by atoms with E-state index in [0.717, 1.165) is 36.4 Å². The summed E-state index contributed by atoms with van der Waals surface area (Å²) in [6.07, 6.45) is 2.93. The van der Waals surface area contributed by atoms with Crippen molar-refractivity contribution in [3.8, 4) is 0 Å². The second kappa shape index (κ2) is 3.07. The van der Waals surface area contributed by atoms with Crippen LogP contribution in [0.15, 0.2) is 12.2 Å². The lowest BCUT2D eigenvalue weighted by Gasteiger charge is -2.28. The van der Waals surface area contributed by atoms with Crippen molar-refractivity contribution < 1.29 is 0 Å². The van der Waals surface area contributed by atoms with Gasteiger partial charge in [-0.25, -0.2) is 0 Å². The third-order valence-electron chi connectivity index (χ3n) is 4.40. The quantitative estimate of drug-likeness (QED) is 0.655. The van der Waals surface area contributed by atoms with Crippen LogP contribution >= 0.6 is 0 Å². The molecule has 0 spiro atoms. The standard InChI is InChI=1S/C12H20N2/c1-7(2)5-13-11-8-3-9-6-14-12(11)10(9)4-8/h8-14H,1,3-6H2,2H3. The molecule has 3 aliphatic rings. The molecule has 1 aliphatic heterocycles. The molecule has 0 amide bonds. The molecule has 78 valence electrons. The first-order valence-electron chi connectivity index (χ1n) is 5.87. The van der Waals surface area contributed by atoms with E-state index in [0.29, 0.717) is 0 Å². The van der Waals surface area contributed by atoms with E-state index < -0.39 is 0 Å². The minimum absolute atomic E-state index is 0.732. The molecule has 0 aromatic rings. The lowest BCUT2D eigenvalue weighted by Crippen LogP contribution is -2.47. The highest BCUT2D eigenvalue weighted by Gasteiger charge is 2.55. The summed E-state index contributed by atoms with van der Waals surface area (Å²) in [6.45, 7) is 8.33. The molecule has 0 aromatic carbocycles. The summed E-state index contributed by atoms with van der Waals surface area (Å²) >= 11 is 0. The summed E-state index contributed by atoms with van der Waals surface area (Å²) in [4.78, 5) is 0. The van der Waals surface area contributed by atoms with E-state index >= 15 is 0 Å². The van der Waals surface area contributed by atoms with Crippen molar-refractivity contribution in [2.75, 3.05) is 13.1 Å². The maximum Gasteiger partial charge on any atom is 0.0255 e. The maximum absolute atomic E-state index is 3.96. The van der Waals surface area contributed by atoms with E-state index in [-0.39, 0.29) is 0 Å². The molecule has 2 heteroatoms. The Hall–Kier alpha value is -0.340. The van der Waals surface area contributed by atoms with Gasteiger partial charge in [-0.15, -0.1) is 0 Å². The molecule has 2 bridgehead atoms. The van der Waals surface area contributed by atoms with Gasteiger partial charge in [0.15, 0.2) is 0 Å². The summed E-state index contributed by atoms with van der Waals surface area (Å²) in [6, 6.07) is 1.51. The van der Waals surface area contributed by atoms with E-state index in [4.69, 9.17) is 0 Å². The van der Waals surface area contributed by atoms with Crippen molar-refractivity contribution in [3.63, 3.8) is 0 Å². The molecule has 0 aromatic heterocycles. The Balaban J connectivity index is 1.68. The number of fused-ring (bicyclic) bond motifs is 1. The fourth-order valence-corrected chi connectivity index (χ4v) is 3.88. The van der Waals surface area contributed by atoms with Gasteiger partial charge in [0.05, 0.1) is 0 Å². The lowest BCUT2D eigenvalue weighted by atomic mass is 9.86. The Labute approximate surface area is 86.1 Å². The number of nitrogens with one attached hydrogen (secondary N) is 2. The normalized spacial score (nSPS) is 48.8. The van der Waals surface area contributed by atoms with Crippen molar-refractivity contribution in [1.29, 1.82) is 0 Å². The lowest BCUT2D eigenvalue weighted by molar-refractivity contribution is 0.303. The molecule has 0 radical (unpaired) electrons. The van der Waals surface area contributed by atoms with Gasteiger partial charge in [-0.2, -0.15) is 0 Å². The zero-order chi connectivity index (χ0) is 9.71. The summed E-state index contributed by atoms with van der Waals surface area (Å²) in [5, 5.41) is 7.37. The summed E-state index contributed by atoms with van der Waals surface area (Å²) in [7, 11) is 0. The summed E-state index contributed by atoms with van der Waals surface area (Å²) in [5.74, 6) is 2.94. The van der Waals surface area contributed by atoms with Crippen molar-refractivity contribution in [3.05, 3.63) is 12.2 Å². The Kier molecular flexibility index (Phi) is 1.96. The van der Waals surface area contributed by atoms with Crippen LogP contribution in [0, 0.1) is 17.8 Å². The number of rotatable bonds is 3. The SMILES string of the molecule is C=C(C)CNC1C2CC3CNC1C3C2. The van der Waals surface area contributed by atoms with Crippen LogP contribution in [0.3, 0.4) is 0 Å². The van der Waals surface area contributed by atoms with Crippen LogP contribution in [-0.4, -0.2) is 25.2 Å². The average Bonchev–Trinajstić information content (AvgIpc) is 2.70. The fraction of sp³-hybridized carbons (Fsp3) is 0.833. The van der Waals surface area contributed by atoms with Crippen LogP contribution in [0.2, 0.25) is 0 Å². The van der Waals surface area contributed by atoms with Gasteiger partial charge in [0, 0.05) is 18.6 Å². The van der Waals surface area contributed by atoms with Crippen LogP contribution in [-0.2, 0) is 0 Å². The van der Waals surface area contributed by atoms with E-state index in [1.54, 1.807) is 0 Å². The summed E-state index contributed by atoms with van der Waals surface area (Å²) < 4.78 is 0. The zero-order valence-corrected chi connectivity index (χ0v) is 8.92. The molecular weight excluding hydrogens is 172 g/mol. The first kappa shape index (κ1) is 8.93. The molecule has 3 fully saturated rings. The molecule has 2 saturated carbocycles. The topological polar surface area (TPSA) is 24.1 Å². The van der Waals surface area contributed by atoms with Gasteiger partial charge in [-0.05, 0) is 44.1 Å². The highest BCUT2D eigenvalue weighted by atomic mass is 15.1. The van der Waals surface area contributed by atoms with Crippen LogP contribution in [0.25, 0.3) is 0 Å². The van der Waals surface area contributed by atoms with Crippen molar-refractivity contribution >= 4 is 0 Å². The van der Waals surface area contributed by atoms with Gasteiger partial charge < -0.3 is 10.6 Å². The molecule has 2 aliphatic carbocycles. The van der Waals surface area contributed by atoms with Gasteiger partial charge in [-0.1, -0.05) is 12.2 Å². The average molecular weight is 192 g/mol. The minimum Gasteiger partial charge on any atom is -0.312 e. The monoisotopic (exact) mass is 192 g/mol. The highest BCUT2D eigenvalue weighted by Crippen LogP contribution is 2.51. The predicted molar refractivity (Wildman–Crippen MR) is 58.1 cm³/mol. The Morgan fingerprint density at radius 1 is 1.43 bits per heavy atom. The van der Waals surface area contributed by atoms with Gasteiger partial charge in [0.2, 0.25) is 0 Å². The van der Waals surface area contributed by atoms with E-state index in [9.17, 15) is 0 Å². The third-order valence-corrected chi connectivity index (χ3v) is 4.40. The van der Waals surface area contributed by atoms with E-state index in [1.807, 2.05) is 0 Å². The van der Waals surface area contributed by atoms with Gasteiger partial charge >= 0.3 is 0 Å². The largest absolute Gasteiger partial charge is 0.312 e.